The van der Waals surface area contributed by atoms with Crippen LogP contribution in [0.5, 0.6) is 0 Å². The van der Waals surface area contributed by atoms with Crippen LogP contribution in [-0.4, -0.2) is 8.76 Å². The van der Waals surface area contributed by atoms with Crippen molar-refractivity contribution in [2.45, 2.75) is 11.8 Å². The fraction of sp³-hybridized carbons (Fsp3) is 0.143. The number of hydrogen-bond acceptors (Lipinski definition) is 2. The number of rotatable bonds is 1. The minimum absolute atomic E-state index is 0.0380. The first-order valence-corrected chi connectivity index (χ1v) is 4.90. The van der Waals surface area contributed by atoms with Crippen molar-refractivity contribution < 1.29 is 8.76 Å². The van der Waals surface area contributed by atoms with Crippen molar-refractivity contribution in [3.8, 4) is 0 Å². The third-order valence-corrected chi connectivity index (χ3v) is 2.90. The monoisotopic (exact) mass is 223 g/mol. The van der Waals surface area contributed by atoms with Crippen molar-refractivity contribution in [1.82, 2.24) is 0 Å². The molecule has 0 radical (unpaired) electrons. The Morgan fingerprint density at radius 1 is 1.33 bits per heavy atom. The zero-order chi connectivity index (χ0) is 9.30. The standard InChI is InChI=1S/C7H6Cl2O2S/c1-4-2-5(8)7(12(10)11)6(9)3-4/h2-3H,1H3,(H,10,11)/p-1. The van der Waals surface area contributed by atoms with Gasteiger partial charge < -0.3 is 4.55 Å². The van der Waals surface area contributed by atoms with Gasteiger partial charge in [0, 0.05) is 0 Å². The first-order chi connectivity index (χ1) is 5.52. The van der Waals surface area contributed by atoms with Crippen LogP contribution in [0.15, 0.2) is 17.0 Å². The van der Waals surface area contributed by atoms with Crippen LogP contribution in [0, 0.1) is 6.92 Å². The van der Waals surface area contributed by atoms with Gasteiger partial charge in [0.25, 0.3) is 0 Å². The highest BCUT2D eigenvalue weighted by molar-refractivity contribution is 7.79. The quantitative estimate of drug-likeness (QED) is 0.687. The van der Waals surface area contributed by atoms with Gasteiger partial charge in [-0.15, -0.1) is 0 Å². The molecule has 1 unspecified atom stereocenters. The molecule has 1 rings (SSSR count). The maximum absolute atomic E-state index is 10.6. The number of aryl methyl sites for hydroxylation is 1. The summed E-state index contributed by atoms with van der Waals surface area (Å²) in [5.41, 5.74) is 0.833. The van der Waals surface area contributed by atoms with Gasteiger partial charge in [-0.3, -0.25) is 4.21 Å². The molecule has 0 heterocycles. The van der Waals surface area contributed by atoms with Crippen molar-refractivity contribution in [3.05, 3.63) is 27.7 Å². The predicted molar refractivity (Wildman–Crippen MR) is 48.4 cm³/mol. The van der Waals surface area contributed by atoms with E-state index in [1.54, 1.807) is 19.1 Å². The third-order valence-electron chi connectivity index (χ3n) is 1.31. The molecule has 0 saturated carbocycles. The highest BCUT2D eigenvalue weighted by atomic mass is 35.5. The lowest BCUT2D eigenvalue weighted by molar-refractivity contribution is 0.537. The van der Waals surface area contributed by atoms with E-state index in [1.165, 1.54) is 0 Å². The first kappa shape index (κ1) is 9.99. The average Bonchev–Trinajstić information content (AvgIpc) is 1.82. The normalized spacial score (nSPS) is 13.0. The van der Waals surface area contributed by atoms with E-state index in [0.29, 0.717) is 0 Å². The second-order valence-corrected chi connectivity index (χ2v) is 3.98. The van der Waals surface area contributed by atoms with Crippen LogP contribution in [0.1, 0.15) is 5.56 Å². The van der Waals surface area contributed by atoms with Gasteiger partial charge in [-0.05, 0) is 35.7 Å². The Kier molecular flexibility index (Phi) is 3.12. The topological polar surface area (TPSA) is 40.1 Å². The lowest BCUT2D eigenvalue weighted by Crippen LogP contribution is -1.92. The summed E-state index contributed by atoms with van der Waals surface area (Å²) >= 11 is 8.93. The van der Waals surface area contributed by atoms with Crippen molar-refractivity contribution in [3.63, 3.8) is 0 Å². The highest BCUT2D eigenvalue weighted by Gasteiger charge is 2.06. The van der Waals surface area contributed by atoms with Crippen LogP contribution in [0.25, 0.3) is 0 Å². The Balaban J connectivity index is 3.38. The minimum Gasteiger partial charge on any atom is -0.768 e. The summed E-state index contributed by atoms with van der Waals surface area (Å²) in [5.74, 6) is 0. The summed E-state index contributed by atoms with van der Waals surface area (Å²) in [7, 11) is 0. The Labute approximate surface area is 82.8 Å². The SMILES string of the molecule is Cc1cc(Cl)c(S(=O)[O-])c(Cl)c1. The molecule has 0 N–H and O–H groups in total. The maximum Gasteiger partial charge on any atom is 0.0621 e. The van der Waals surface area contributed by atoms with E-state index in [2.05, 4.69) is 0 Å². The second kappa shape index (κ2) is 3.75. The molecule has 0 bridgehead atoms. The minimum atomic E-state index is -2.37. The van der Waals surface area contributed by atoms with Crippen LogP contribution in [0.4, 0.5) is 0 Å². The molecule has 1 atom stereocenters. The van der Waals surface area contributed by atoms with E-state index in [9.17, 15) is 8.76 Å². The molecular weight excluding hydrogens is 219 g/mol. The Morgan fingerprint density at radius 3 is 2.08 bits per heavy atom. The third kappa shape index (κ3) is 1.98. The Bertz CT molecular complexity index is 315. The molecule has 1 aromatic rings. The molecule has 66 valence electrons. The zero-order valence-electron chi connectivity index (χ0n) is 6.14. The van der Waals surface area contributed by atoms with Crippen molar-refractivity contribution in [2.75, 3.05) is 0 Å². The van der Waals surface area contributed by atoms with Crippen LogP contribution >= 0.6 is 23.2 Å². The molecule has 0 aliphatic heterocycles. The average molecular weight is 224 g/mol. The molecule has 12 heavy (non-hydrogen) atoms. The van der Waals surface area contributed by atoms with E-state index < -0.39 is 11.1 Å². The van der Waals surface area contributed by atoms with Crippen LogP contribution in [0.2, 0.25) is 10.0 Å². The lowest BCUT2D eigenvalue weighted by atomic mass is 10.2. The van der Waals surface area contributed by atoms with Gasteiger partial charge >= 0.3 is 0 Å². The molecule has 0 aromatic heterocycles. The molecule has 0 aliphatic carbocycles. The predicted octanol–water partition coefficient (Wildman–Crippen LogP) is 2.54. The zero-order valence-corrected chi connectivity index (χ0v) is 8.46. The molecule has 5 heteroatoms. The Hall–Kier alpha value is -0.0900. The summed E-state index contributed by atoms with van der Waals surface area (Å²) in [5, 5.41) is 0.321. The first-order valence-electron chi connectivity index (χ1n) is 3.07. The van der Waals surface area contributed by atoms with Crippen molar-refractivity contribution >= 4 is 34.3 Å². The summed E-state index contributed by atoms with van der Waals surface area (Å²) in [6.07, 6.45) is 0. The van der Waals surface area contributed by atoms with E-state index in [0.717, 1.165) is 5.56 Å². The molecular formula is C7H5Cl2O2S-. The fourth-order valence-corrected chi connectivity index (χ4v) is 2.26. The van der Waals surface area contributed by atoms with E-state index in [-0.39, 0.29) is 14.9 Å². The van der Waals surface area contributed by atoms with Gasteiger partial charge in [-0.2, -0.15) is 0 Å². The molecule has 0 aliphatic rings. The van der Waals surface area contributed by atoms with Crippen LogP contribution in [-0.2, 0) is 11.1 Å². The molecule has 0 spiro atoms. The molecule has 0 amide bonds. The van der Waals surface area contributed by atoms with Gasteiger partial charge in [0.15, 0.2) is 0 Å². The largest absolute Gasteiger partial charge is 0.768 e. The lowest BCUT2D eigenvalue weighted by Gasteiger charge is -2.10. The van der Waals surface area contributed by atoms with Gasteiger partial charge in [-0.25, -0.2) is 0 Å². The maximum atomic E-state index is 10.6. The van der Waals surface area contributed by atoms with Gasteiger partial charge in [0.05, 0.1) is 14.9 Å². The number of hydrogen-bond donors (Lipinski definition) is 0. The van der Waals surface area contributed by atoms with Crippen molar-refractivity contribution in [1.29, 1.82) is 0 Å². The van der Waals surface area contributed by atoms with Crippen LogP contribution in [0.3, 0.4) is 0 Å². The second-order valence-electron chi connectivity index (χ2n) is 2.29. The summed E-state index contributed by atoms with van der Waals surface area (Å²) in [6.45, 7) is 1.79. The van der Waals surface area contributed by atoms with Gasteiger partial charge in [0.1, 0.15) is 0 Å². The highest BCUT2D eigenvalue weighted by Crippen LogP contribution is 2.28. The molecule has 2 nitrogen and oxygen atoms in total. The Morgan fingerprint density at radius 2 is 1.75 bits per heavy atom. The number of benzene rings is 1. The molecule has 1 aromatic carbocycles. The smallest absolute Gasteiger partial charge is 0.0621 e. The van der Waals surface area contributed by atoms with E-state index >= 15 is 0 Å². The summed E-state index contributed by atoms with van der Waals surface area (Å²) in [6, 6.07) is 3.11. The molecule has 0 fully saturated rings. The summed E-state index contributed by atoms with van der Waals surface area (Å²) in [4.78, 5) is -0.0380. The fourth-order valence-electron chi connectivity index (χ4n) is 0.846. The summed E-state index contributed by atoms with van der Waals surface area (Å²) < 4.78 is 21.2. The van der Waals surface area contributed by atoms with E-state index in [4.69, 9.17) is 23.2 Å². The van der Waals surface area contributed by atoms with Gasteiger partial charge in [-0.1, -0.05) is 23.2 Å². The molecule has 0 saturated heterocycles. The van der Waals surface area contributed by atoms with Crippen LogP contribution < -0.4 is 0 Å². The van der Waals surface area contributed by atoms with E-state index in [1.807, 2.05) is 0 Å². The number of halogens is 2. The van der Waals surface area contributed by atoms with Crippen molar-refractivity contribution in [2.24, 2.45) is 0 Å². The van der Waals surface area contributed by atoms with Gasteiger partial charge in [0.2, 0.25) is 0 Å².